The molecule has 0 atom stereocenters. The van der Waals surface area contributed by atoms with Gasteiger partial charge in [0.1, 0.15) is 11.4 Å². The van der Waals surface area contributed by atoms with Crippen LogP contribution in [0.4, 0.5) is 11.6 Å². The molecule has 2 aromatic rings. The van der Waals surface area contributed by atoms with Crippen molar-refractivity contribution in [3.05, 3.63) is 41.7 Å². The highest BCUT2D eigenvalue weighted by Crippen LogP contribution is 2.25. The van der Waals surface area contributed by atoms with E-state index in [1.807, 2.05) is 25.1 Å². The number of methoxy groups -OCH3 is 1. The number of ether oxygens (including phenoxy) is 1. The minimum atomic E-state index is -0.278. The van der Waals surface area contributed by atoms with Crippen LogP contribution in [0.25, 0.3) is 0 Å². The molecule has 0 bridgehead atoms. The van der Waals surface area contributed by atoms with E-state index in [4.69, 9.17) is 4.74 Å². The molecule has 2 N–H and O–H groups in total. The third-order valence-electron chi connectivity index (χ3n) is 4.68. The summed E-state index contributed by atoms with van der Waals surface area (Å²) in [4.78, 5) is 21.3. The first-order chi connectivity index (χ1) is 12.7. The molecule has 1 heterocycles. The number of nitrogens with one attached hydrogen (secondary N) is 2. The highest BCUT2D eigenvalue weighted by Gasteiger charge is 2.15. The largest absolute Gasteiger partial charge is 0.495 e. The molecular weight excluding hydrogens is 328 g/mol. The van der Waals surface area contributed by atoms with Crippen molar-refractivity contribution in [2.45, 2.75) is 51.5 Å². The van der Waals surface area contributed by atoms with Gasteiger partial charge in [-0.15, -0.1) is 0 Å². The lowest BCUT2D eigenvalue weighted by atomic mass is 10.1. The van der Waals surface area contributed by atoms with Gasteiger partial charge in [-0.2, -0.15) is 0 Å². The molecule has 1 saturated carbocycles. The molecule has 6 heteroatoms. The number of hydrogen-bond donors (Lipinski definition) is 2. The molecule has 1 amide bonds. The van der Waals surface area contributed by atoms with Gasteiger partial charge in [-0.3, -0.25) is 4.79 Å². The van der Waals surface area contributed by atoms with Gasteiger partial charge in [0, 0.05) is 12.2 Å². The average molecular weight is 354 g/mol. The van der Waals surface area contributed by atoms with Crippen molar-refractivity contribution >= 4 is 17.5 Å². The van der Waals surface area contributed by atoms with Crippen molar-refractivity contribution in [2.75, 3.05) is 17.7 Å². The predicted molar refractivity (Wildman–Crippen MR) is 103 cm³/mol. The standard InChI is InChI=1S/C20H26N4O2/c1-14-9-10-18(26-2)17(13-14)23-19(25)16-11-12-21-20(24-16)22-15-7-5-3-4-6-8-15/h9-13,15H,3-8H2,1-2H3,(H,23,25)(H,21,22,24). The monoisotopic (exact) mass is 354 g/mol. The molecule has 3 rings (SSSR count). The average Bonchev–Trinajstić information content (AvgIpc) is 2.91. The van der Waals surface area contributed by atoms with Crippen LogP contribution in [0.5, 0.6) is 5.75 Å². The third kappa shape index (κ3) is 4.71. The number of carbonyl (C=O) groups excluding carboxylic acids is 1. The zero-order valence-electron chi connectivity index (χ0n) is 15.4. The van der Waals surface area contributed by atoms with Crippen LogP contribution >= 0.6 is 0 Å². The number of aromatic nitrogens is 2. The van der Waals surface area contributed by atoms with Crippen molar-refractivity contribution in [3.8, 4) is 5.75 Å². The SMILES string of the molecule is COc1ccc(C)cc1NC(=O)c1ccnc(NC2CCCCCC2)n1. The molecule has 26 heavy (non-hydrogen) atoms. The van der Waals surface area contributed by atoms with Crippen LogP contribution in [0.15, 0.2) is 30.5 Å². The summed E-state index contributed by atoms with van der Waals surface area (Å²) in [5.41, 5.74) is 2.01. The van der Waals surface area contributed by atoms with E-state index in [2.05, 4.69) is 20.6 Å². The Bertz CT molecular complexity index is 755. The summed E-state index contributed by atoms with van der Waals surface area (Å²) < 4.78 is 5.31. The zero-order valence-corrected chi connectivity index (χ0v) is 15.4. The molecule has 6 nitrogen and oxygen atoms in total. The van der Waals surface area contributed by atoms with E-state index in [1.165, 1.54) is 25.7 Å². The van der Waals surface area contributed by atoms with Crippen molar-refractivity contribution in [3.63, 3.8) is 0 Å². The van der Waals surface area contributed by atoms with E-state index >= 15 is 0 Å². The lowest BCUT2D eigenvalue weighted by Gasteiger charge is -2.16. The van der Waals surface area contributed by atoms with E-state index < -0.39 is 0 Å². The molecule has 1 aliphatic carbocycles. The van der Waals surface area contributed by atoms with Gasteiger partial charge in [0.15, 0.2) is 0 Å². The summed E-state index contributed by atoms with van der Waals surface area (Å²) in [7, 11) is 1.58. The fourth-order valence-electron chi connectivity index (χ4n) is 3.27. The summed E-state index contributed by atoms with van der Waals surface area (Å²) in [6, 6.07) is 7.66. The number of amides is 1. The second-order valence-corrected chi connectivity index (χ2v) is 6.76. The molecule has 1 aromatic carbocycles. The Hall–Kier alpha value is -2.63. The maximum atomic E-state index is 12.6. The van der Waals surface area contributed by atoms with Gasteiger partial charge in [0.25, 0.3) is 5.91 Å². The fourth-order valence-corrected chi connectivity index (χ4v) is 3.27. The second-order valence-electron chi connectivity index (χ2n) is 6.76. The summed E-state index contributed by atoms with van der Waals surface area (Å²) in [6.45, 7) is 1.97. The van der Waals surface area contributed by atoms with Gasteiger partial charge < -0.3 is 15.4 Å². The molecule has 1 aliphatic rings. The smallest absolute Gasteiger partial charge is 0.274 e. The van der Waals surface area contributed by atoms with Crippen molar-refractivity contribution in [2.24, 2.45) is 0 Å². The number of rotatable bonds is 5. The minimum Gasteiger partial charge on any atom is -0.495 e. The van der Waals surface area contributed by atoms with Crippen LogP contribution in [0.3, 0.4) is 0 Å². The Kier molecular flexibility index (Phi) is 6.04. The van der Waals surface area contributed by atoms with Crippen LogP contribution in [0.1, 0.15) is 54.6 Å². The molecule has 0 spiro atoms. The number of anilines is 2. The van der Waals surface area contributed by atoms with E-state index in [0.717, 1.165) is 18.4 Å². The maximum Gasteiger partial charge on any atom is 0.274 e. The predicted octanol–water partition coefficient (Wildman–Crippen LogP) is 4.18. The molecule has 1 aromatic heterocycles. The lowest BCUT2D eigenvalue weighted by Crippen LogP contribution is -2.21. The molecule has 0 unspecified atom stereocenters. The fraction of sp³-hybridized carbons (Fsp3) is 0.450. The van der Waals surface area contributed by atoms with Crippen molar-refractivity contribution < 1.29 is 9.53 Å². The van der Waals surface area contributed by atoms with Gasteiger partial charge in [0.2, 0.25) is 5.95 Å². The number of carbonyl (C=O) groups is 1. The number of hydrogen-bond acceptors (Lipinski definition) is 5. The Morgan fingerprint density at radius 2 is 1.92 bits per heavy atom. The molecule has 0 aliphatic heterocycles. The summed E-state index contributed by atoms with van der Waals surface area (Å²) in [5, 5.41) is 6.26. The first kappa shape index (κ1) is 18.2. The first-order valence-electron chi connectivity index (χ1n) is 9.21. The second kappa shape index (κ2) is 8.65. The molecule has 138 valence electrons. The third-order valence-corrected chi connectivity index (χ3v) is 4.68. The maximum absolute atomic E-state index is 12.6. The van der Waals surface area contributed by atoms with Gasteiger partial charge in [-0.1, -0.05) is 31.7 Å². The van der Waals surface area contributed by atoms with Gasteiger partial charge in [-0.25, -0.2) is 9.97 Å². The highest BCUT2D eigenvalue weighted by molar-refractivity contribution is 6.03. The Labute approximate surface area is 154 Å². The molecule has 1 fully saturated rings. The van der Waals surface area contributed by atoms with Crippen molar-refractivity contribution in [1.82, 2.24) is 9.97 Å². The van der Waals surface area contributed by atoms with Gasteiger partial charge in [0.05, 0.1) is 12.8 Å². The van der Waals surface area contributed by atoms with E-state index in [0.29, 0.717) is 29.1 Å². The highest BCUT2D eigenvalue weighted by atomic mass is 16.5. The van der Waals surface area contributed by atoms with E-state index in [-0.39, 0.29) is 5.91 Å². The molecule has 0 saturated heterocycles. The van der Waals surface area contributed by atoms with Gasteiger partial charge >= 0.3 is 0 Å². The lowest BCUT2D eigenvalue weighted by molar-refractivity contribution is 0.102. The van der Waals surface area contributed by atoms with Crippen LogP contribution in [0, 0.1) is 6.92 Å². The number of nitrogens with zero attached hydrogens (tertiary/aromatic N) is 2. The van der Waals surface area contributed by atoms with Crippen LogP contribution in [0.2, 0.25) is 0 Å². The Morgan fingerprint density at radius 1 is 1.15 bits per heavy atom. The van der Waals surface area contributed by atoms with Crippen LogP contribution in [-0.2, 0) is 0 Å². The van der Waals surface area contributed by atoms with Crippen LogP contribution in [-0.4, -0.2) is 29.0 Å². The van der Waals surface area contributed by atoms with Crippen molar-refractivity contribution in [1.29, 1.82) is 0 Å². The van der Waals surface area contributed by atoms with E-state index in [9.17, 15) is 4.79 Å². The zero-order chi connectivity index (χ0) is 18.4. The number of aryl methyl sites for hydroxylation is 1. The van der Waals surface area contributed by atoms with Crippen LogP contribution < -0.4 is 15.4 Å². The van der Waals surface area contributed by atoms with E-state index in [1.54, 1.807) is 19.4 Å². The Balaban J connectivity index is 1.71. The first-order valence-corrected chi connectivity index (χ1v) is 9.21. The summed E-state index contributed by atoms with van der Waals surface area (Å²) >= 11 is 0. The molecular formula is C20H26N4O2. The normalized spacial score (nSPS) is 15.2. The molecule has 0 radical (unpaired) electrons. The minimum absolute atomic E-state index is 0.278. The topological polar surface area (TPSA) is 76.1 Å². The quantitative estimate of drug-likeness (QED) is 0.788. The van der Waals surface area contributed by atoms with Gasteiger partial charge in [-0.05, 0) is 43.5 Å². The summed E-state index contributed by atoms with van der Waals surface area (Å²) in [5.74, 6) is 0.857. The summed E-state index contributed by atoms with van der Waals surface area (Å²) in [6.07, 6.45) is 8.91. The number of benzene rings is 1. The Morgan fingerprint density at radius 3 is 2.65 bits per heavy atom.